The van der Waals surface area contributed by atoms with E-state index in [0.717, 1.165) is 22.0 Å². The predicted molar refractivity (Wildman–Crippen MR) is 109 cm³/mol. The molecule has 0 spiro atoms. The minimum absolute atomic E-state index is 0.166. The number of amides is 1. The number of nitrogens with one attached hydrogen (secondary N) is 1. The van der Waals surface area contributed by atoms with Gasteiger partial charge in [0, 0.05) is 25.6 Å². The van der Waals surface area contributed by atoms with Gasteiger partial charge in [0.2, 0.25) is 0 Å². The molecule has 3 rings (SSSR count). The molecular weight excluding hydrogens is 364 g/mol. The predicted octanol–water partition coefficient (Wildman–Crippen LogP) is 3.31. The molecule has 7 heteroatoms. The summed E-state index contributed by atoms with van der Waals surface area (Å²) in [6.07, 6.45) is 0.898. The third-order valence-corrected chi connectivity index (χ3v) is 5.56. The highest BCUT2D eigenvalue weighted by Gasteiger charge is 2.23. The Hall–Kier alpha value is -2.38. The van der Waals surface area contributed by atoms with Crippen LogP contribution in [0.4, 0.5) is 0 Å². The lowest BCUT2D eigenvalue weighted by Gasteiger charge is -2.08. The zero-order valence-corrected chi connectivity index (χ0v) is 16.8. The topological polar surface area (TPSA) is 69.6 Å². The summed E-state index contributed by atoms with van der Waals surface area (Å²) < 4.78 is 13.3. The van der Waals surface area contributed by atoms with E-state index in [9.17, 15) is 9.59 Å². The van der Waals surface area contributed by atoms with Crippen molar-refractivity contribution in [3.63, 3.8) is 0 Å². The Balaban J connectivity index is 1.97. The highest BCUT2D eigenvalue weighted by molar-refractivity contribution is 7.22. The second-order valence-corrected chi connectivity index (χ2v) is 7.60. The summed E-state index contributed by atoms with van der Waals surface area (Å²) in [5.74, 6) is 0.112. The molecule has 0 aliphatic heterocycles. The van der Waals surface area contributed by atoms with E-state index in [0.29, 0.717) is 29.2 Å². The van der Waals surface area contributed by atoms with Crippen LogP contribution in [-0.2, 0) is 11.8 Å². The summed E-state index contributed by atoms with van der Waals surface area (Å²) in [4.78, 5) is 26.0. The van der Waals surface area contributed by atoms with Crippen molar-refractivity contribution in [1.82, 2.24) is 9.88 Å². The summed E-state index contributed by atoms with van der Waals surface area (Å²) in [5, 5.41) is 4.28. The van der Waals surface area contributed by atoms with Gasteiger partial charge in [0.05, 0.1) is 23.4 Å². The maximum Gasteiger partial charge on any atom is 0.265 e. The lowest BCUT2D eigenvalue weighted by Crippen LogP contribution is -2.25. The van der Waals surface area contributed by atoms with Gasteiger partial charge in [0.15, 0.2) is 5.75 Å². The van der Waals surface area contributed by atoms with Gasteiger partial charge in [-0.2, -0.15) is 0 Å². The molecule has 1 aromatic carbocycles. The summed E-state index contributed by atoms with van der Waals surface area (Å²) in [5.41, 5.74) is 0.665. The fourth-order valence-corrected chi connectivity index (χ4v) is 4.26. The maximum atomic E-state index is 12.9. The number of rotatable bonds is 7. The molecule has 0 saturated heterocycles. The van der Waals surface area contributed by atoms with Crippen molar-refractivity contribution >= 4 is 38.2 Å². The second kappa shape index (κ2) is 8.10. The van der Waals surface area contributed by atoms with Crippen molar-refractivity contribution in [2.24, 2.45) is 7.05 Å². The minimum atomic E-state index is -0.233. The van der Waals surface area contributed by atoms with Crippen LogP contribution in [0.2, 0.25) is 0 Å². The van der Waals surface area contributed by atoms with Crippen LogP contribution in [0.5, 0.6) is 5.75 Å². The van der Waals surface area contributed by atoms with Crippen molar-refractivity contribution in [1.29, 1.82) is 0 Å². The number of fused-ring (bicyclic) bond motifs is 3. The number of aryl methyl sites for hydroxylation is 1. The zero-order valence-electron chi connectivity index (χ0n) is 16.0. The second-order valence-electron chi connectivity index (χ2n) is 6.58. The molecule has 0 aliphatic carbocycles. The third-order valence-electron chi connectivity index (χ3n) is 4.36. The molecule has 27 heavy (non-hydrogen) atoms. The third kappa shape index (κ3) is 3.70. The molecule has 2 aromatic heterocycles. The fourth-order valence-electron chi connectivity index (χ4n) is 3.05. The summed E-state index contributed by atoms with van der Waals surface area (Å²) >= 11 is 1.30. The molecule has 144 valence electrons. The molecule has 1 N–H and O–H groups in total. The molecule has 0 fully saturated rings. The van der Waals surface area contributed by atoms with Crippen molar-refractivity contribution in [3.05, 3.63) is 39.5 Å². The largest absolute Gasteiger partial charge is 0.494 e. The van der Waals surface area contributed by atoms with Gasteiger partial charge in [-0.1, -0.05) is 18.2 Å². The molecule has 0 radical (unpaired) electrons. The van der Waals surface area contributed by atoms with E-state index >= 15 is 0 Å². The standard InChI is InChI=1S/C20H24N2O4S/c1-12(2)26-11-7-10-21-19(23)18-16(25-4)15-17(27-18)13-8-5-6-9-14(13)22(3)20(15)24/h5-6,8-9,12H,7,10-11H2,1-4H3,(H,21,23). The van der Waals surface area contributed by atoms with Crippen LogP contribution >= 0.6 is 11.3 Å². The number of aromatic nitrogens is 1. The molecule has 0 bridgehead atoms. The average molecular weight is 388 g/mol. The number of pyridine rings is 1. The quantitative estimate of drug-likeness (QED) is 0.631. The van der Waals surface area contributed by atoms with E-state index in [1.807, 2.05) is 38.1 Å². The number of methoxy groups -OCH3 is 1. The summed E-state index contributed by atoms with van der Waals surface area (Å²) in [6, 6.07) is 7.67. The fraction of sp³-hybridized carbons (Fsp3) is 0.400. The Labute approximate surface area is 161 Å². The Morgan fingerprint density at radius 2 is 2.04 bits per heavy atom. The molecule has 1 amide bonds. The van der Waals surface area contributed by atoms with Crippen molar-refractivity contribution in [2.45, 2.75) is 26.4 Å². The van der Waals surface area contributed by atoms with Gasteiger partial charge in [-0.05, 0) is 26.3 Å². The van der Waals surface area contributed by atoms with Crippen LogP contribution in [0.1, 0.15) is 29.9 Å². The molecule has 0 unspecified atom stereocenters. The van der Waals surface area contributed by atoms with Gasteiger partial charge in [0.25, 0.3) is 11.5 Å². The zero-order chi connectivity index (χ0) is 19.6. The van der Waals surface area contributed by atoms with E-state index in [1.165, 1.54) is 18.4 Å². The molecule has 3 aromatic rings. The maximum absolute atomic E-state index is 12.9. The van der Waals surface area contributed by atoms with Gasteiger partial charge in [-0.15, -0.1) is 11.3 Å². The Morgan fingerprint density at radius 1 is 1.30 bits per heavy atom. The van der Waals surface area contributed by atoms with Gasteiger partial charge >= 0.3 is 0 Å². The molecule has 2 heterocycles. The lowest BCUT2D eigenvalue weighted by molar-refractivity contribution is 0.0757. The number of hydrogen-bond donors (Lipinski definition) is 1. The van der Waals surface area contributed by atoms with Crippen molar-refractivity contribution in [3.8, 4) is 5.75 Å². The van der Waals surface area contributed by atoms with E-state index < -0.39 is 0 Å². The van der Waals surface area contributed by atoms with E-state index in [1.54, 1.807) is 11.6 Å². The minimum Gasteiger partial charge on any atom is -0.494 e. The van der Waals surface area contributed by atoms with Gasteiger partial charge < -0.3 is 19.4 Å². The van der Waals surface area contributed by atoms with E-state index in [-0.39, 0.29) is 17.6 Å². The normalized spacial score (nSPS) is 11.4. The SMILES string of the molecule is COc1c(C(=O)NCCCOC(C)C)sc2c1c(=O)n(C)c1ccccc21. The van der Waals surface area contributed by atoms with Crippen LogP contribution in [-0.4, -0.2) is 36.8 Å². The number of benzene rings is 1. The Morgan fingerprint density at radius 3 is 2.74 bits per heavy atom. The number of carbonyl (C=O) groups excluding carboxylic acids is 1. The highest BCUT2D eigenvalue weighted by atomic mass is 32.1. The first-order valence-corrected chi connectivity index (χ1v) is 9.75. The number of ether oxygens (including phenoxy) is 2. The number of para-hydroxylation sites is 1. The van der Waals surface area contributed by atoms with Gasteiger partial charge in [-0.3, -0.25) is 9.59 Å². The average Bonchev–Trinajstić information content (AvgIpc) is 3.05. The first kappa shape index (κ1) is 19.4. The van der Waals surface area contributed by atoms with Crippen LogP contribution in [0.3, 0.4) is 0 Å². The monoisotopic (exact) mass is 388 g/mol. The van der Waals surface area contributed by atoms with E-state index in [2.05, 4.69) is 5.32 Å². The molecule has 0 aliphatic rings. The van der Waals surface area contributed by atoms with Gasteiger partial charge in [0.1, 0.15) is 10.3 Å². The molecular formula is C20H24N2O4S. The van der Waals surface area contributed by atoms with Crippen LogP contribution in [0.15, 0.2) is 29.1 Å². The lowest BCUT2D eigenvalue weighted by atomic mass is 10.1. The molecule has 0 saturated carbocycles. The number of carbonyl (C=O) groups is 1. The van der Waals surface area contributed by atoms with E-state index in [4.69, 9.17) is 9.47 Å². The van der Waals surface area contributed by atoms with Gasteiger partial charge in [-0.25, -0.2) is 0 Å². The van der Waals surface area contributed by atoms with Crippen LogP contribution in [0, 0.1) is 0 Å². The van der Waals surface area contributed by atoms with Crippen LogP contribution < -0.4 is 15.6 Å². The Kier molecular flexibility index (Phi) is 5.82. The number of hydrogen-bond acceptors (Lipinski definition) is 5. The first-order chi connectivity index (χ1) is 13.0. The Bertz CT molecular complexity index is 1040. The van der Waals surface area contributed by atoms with Crippen LogP contribution in [0.25, 0.3) is 21.0 Å². The number of thiophene rings is 1. The molecule has 6 nitrogen and oxygen atoms in total. The summed E-state index contributed by atoms with van der Waals surface area (Å²) in [6.45, 7) is 5.05. The van der Waals surface area contributed by atoms with Crippen molar-refractivity contribution < 1.29 is 14.3 Å². The highest BCUT2D eigenvalue weighted by Crippen LogP contribution is 2.39. The summed E-state index contributed by atoms with van der Waals surface area (Å²) in [7, 11) is 3.22. The van der Waals surface area contributed by atoms with Crippen molar-refractivity contribution in [2.75, 3.05) is 20.3 Å². The molecule has 0 atom stereocenters. The smallest absolute Gasteiger partial charge is 0.265 e. The first-order valence-electron chi connectivity index (χ1n) is 8.93. The number of nitrogens with zero attached hydrogens (tertiary/aromatic N) is 1.